The Bertz CT molecular complexity index is 1000. The molecule has 0 aliphatic carbocycles. The van der Waals surface area contributed by atoms with Gasteiger partial charge in [-0.2, -0.15) is 12.7 Å². The highest BCUT2D eigenvalue weighted by Crippen LogP contribution is 2.23. The van der Waals surface area contributed by atoms with Crippen LogP contribution in [0.4, 0.5) is 0 Å². The van der Waals surface area contributed by atoms with Gasteiger partial charge in [-0.05, 0) is 59.7 Å². The number of hydrogen-bond acceptors (Lipinski definition) is 5. The molecule has 0 unspecified atom stereocenters. The maximum atomic E-state index is 13.1. The van der Waals surface area contributed by atoms with Crippen LogP contribution in [0.1, 0.15) is 11.1 Å². The lowest BCUT2D eigenvalue weighted by Crippen LogP contribution is -2.33. The van der Waals surface area contributed by atoms with Crippen molar-refractivity contribution in [3.05, 3.63) is 88.9 Å². The normalized spacial score (nSPS) is 11.3. The smallest absolute Gasteiger partial charge is 0.385 e. The summed E-state index contributed by atoms with van der Waals surface area (Å²) >= 11 is 5.87. The first kappa shape index (κ1) is 22.0. The number of nitrogens with zero attached hydrogens (tertiary/aromatic N) is 1. The summed E-state index contributed by atoms with van der Waals surface area (Å²) in [6, 6.07) is 20.6. The maximum absolute atomic E-state index is 13.1. The van der Waals surface area contributed by atoms with Crippen LogP contribution < -0.4 is 13.7 Å². The molecule has 0 saturated carbocycles. The molecule has 30 heavy (non-hydrogen) atoms. The minimum atomic E-state index is -4.09. The van der Waals surface area contributed by atoms with Gasteiger partial charge < -0.3 is 13.7 Å². The summed E-state index contributed by atoms with van der Waals surface area (Å²) in [7, 11) is -0.931. The van der Waals surface area contributed by atoms with Gasteiger partial charge in [-0.1, -0.05) is 35.9 Å². The highest BCUT2D eigenvalue weighted by molar-refractivity contribution is 7.84. The van der Waals surface area contributed by atoms with Crippen molar-refractivity contribution in [1.82, 2.24) is 4.31 Å². The van der Waals surface area contributed by atoms with E-state index in [-0.39, 0.29) is 18.8 Å². The van der Waals surface area contributed by atoms with Crippen LogP contribution in [-0.4, -0.2) is 26.9 Å². The van der Waals surface area contributed by atoms with Crippen molar-refractivity contribution in [2.45, 2.75) is 13.1 Å². The van der Waals surface area contributed by atoms with E-state index < -0.39 is 10.3 Å². The fourth-order valence-electron chi connectivity index (χ4n) is 2.75. The first-order chi connectivity index (χ1) is 14.4. The van der Waals surface area contributed by atoms with E-state index in [9.17, 15) is 8.42 Å². The summed E-state index contributed by atoms with van der Waals surface area (Å²) in [4.78, 5) is 0. The van der Waals surface area contributed by atoms with Crippen LogP contribution in [0, 0.1) is 0 Å². The summed E-state index contributed by atoms with van der Waals surface area (Å²) in [5.74, 6) is 1.58. The van der Waals surface area contributed by atoms with Gasteiger partial charge in [0, 0.05) is 18.1 Å². The Hall–Kier alpha value is -2.74. The lowest BCUT2D eigenvalue weighted by atomic mass is 10.2. The molecular weight excluding hydrogens is 426 g/mol. The molecule has 0 saturated heterocycles. The van der Waals surface area contributed by atoms with Gasteiger partial charge in [0.1, 0.15) is 17.2 Å². The zero-order valence-electron chi connectivity index (χ0n) is 16.6. The molecule has 0 radical (unpaired) electrons. The predicted octanol–water partition coefficient (Wildman–Crippen LogP) is 4.68. The van der Waals surface area contributed by atoms with Gasteiger partial charge in [0.25, 0.3) is 0 Å². The van der Waals surface area contributed by atoms with Crippen molar-refractivity contribution in [3.8, 4) is 17.2 Å². The first-order valence-corrected chi connectivity index (χ1v) is 10.8. The molecule has 0 aliphatic heterocycles. The molecule has 0 aromatic heterocycles. The van der Waals surface area contributed by atoms with Crippen molar-refractivity contribution in [2.75, 3.05) is 14.2 Å². The molecule has 0 fully saturated rings. The third kappa shape index (κ3) is 5.89. The van der Waals surface area contributed by atoms with Crippen LogP contribution in [0.25, 0.3) is 0 Å². The molecule has 0 heterocycles. The third-order valence-corrected chi connectivity index (χ3v) is 5.91. The van der Waals surface area contributed by atoms with E-state index in [0.29, 0.717) is 16.5 Å². The lowest BCUT2D eigenvalue weighted by molar-refractivity contribution is 0.345. The number of halogens is 1. The Kier molecular flexibility index (Phi) is 7.20. The molecule has 0 N–H and O–H groups in total. The molecule has 0 atom stereocenters. The number of rotatable bonds is 9. The molecular formula is C22H22ClNO5S. The van der Waals surface area contributed by atoms with E-state index in [4.69, 9.17) is 25.3 Å². The number of methoxy groups -OCH3 is 2. The summed E-state index contributed by atoms with van der Waals surface area (Å²) in [5.41, 5.74) is 1.60. The van der Waals surface area contributed by atoms with E-state index in [1.807, 2.05) is 24.3 Å². The molecule has 8 heteroatoms. The van der Waals surface area contributed by atoms with Gasteiger partial charge in [-0.15, -0.1) is 0 Å². The van der Waals surface area contributed by atoms with Crippen molar-refractivity contribution in [1.29, 1.82) is 0 Å². The van der Waals surface area contributed by atoms with Gasteiger partial charge >= 0.3 is 10.3 Å². The topological polar surface area (TPSA) is 65.1 Å². The SMILES string of the molecule is COc1ccc(CN(Cc2ccc(OC)cc2)S(=O)(=O)Oc2ccc(Cl)cc2)cc1. The Labute approximate surface area is 181 Å². The van der Waals surface area contributed by atoms with E-state index in [2.05, 4.69) is 0 Å². The fourth-order valence-corrected chi connectivity index (χ4v) is 3.95. The average Bonchev–Trinajstić information content (AvgIpc) is 2.76. The molecule has 3 aromatic rings. The monoisotopic (exact) mass is 447 g/mol. The Morgan fingerprint density at radius 3 is 1.50 bits per heavy atom. The first-order valence-electron chi connectivity index (χ1n) is 9.10. The summed E-state index contributed by atoms with van der Waals surface area (Å²) in [6.45, 7) is 0.262. The molecule has 0 spiro atoms. The fraction of sp³-hybridized carbons (Fsp3) is 0.182. The van der Waals surface area contributed by atoms with Crippen molar-refractivity contribution in [2.24, 2.45) is 0 Å². The second-order valence-electron chi connectivity index (χ2n) is 6.46. The van der Waals surface area contributed by atoms with Crippen molar-refractivity contribution in [3.63, 3.8) is 0 Å². The minimum Gasteiger partial charge on any atom is -0.497 e. The zero-order valence-corrected chi connectivity index (χ0v) is 18.2. The Morgan fingerprint density at radius 2 is 1.10 bits per heavy atom. The molecule has 3 rings (SSSR count). The van der Waals surface area contributed by atoms with Crippen LogP contribution >= 0.6 is 11.6 Å². The third-order valence-electron chi connectivity index (χ3n) is 4.37. The van der Waals surface area contributed by atoms with Crippen molar-refractivity contribution >= 4 is 21.9 Å². The number of ether oxygens (including phenoxy) is 2. The summed E-state index contributed by atoms with van der Waals surface area (Å²) < 4.78 is 43.1. The van der Waals surface area contributed by atoms with Gasteiger partial charge in [-0.3, -0.25) is 0 Å². The van der Waals surface area contributed by atoms with E-state index >= 15 is 0 Å². The molecule has 158 valence electrons. The molecule has 3 aromatic carbocycles. The maximum Gasteiger partial charge on any atom is 0.385 e. The molecule has 0 aliphatic rings. The molecule has 0 amide bonds. The van der Waals surface area contributed by atoms with E-state index in [1.54, 1.807) is 50.6 Å². The standard InChI is InChI=1S/C22H22ClNO5S/c1-27-20-9-3-17(4-10-20)15-24(16-18-5-11-21(28-2)12-6-18)30(25,26)29-22-13-7-19(23)8-14-22/h3-14H,15-16H2,1-2H3. The Balaban J connectivity index is 1.86. The second-order valence-corrected chi connectivity index (χ2v) is 8.43. The van der Waals surface area contributed by atoms with E-state index in [0.717, 1.165) is 11.1 Å². The second kappa shape index (κ2) is 9.84. The van der Waals surface area contributed by atoms with Gasteiger partial charge in [0.2, 0.25) is 0 Å². The minimum absolute atomic E-state index is 0.131. The number of hydrogen-bond donors (Lipinski definition) is 0. The highest BCUT2D eigenvalue weighted by Gasteiger charge is 2.25. The van der Waals surface area contributed by atoms with Crippen LogP contribution in [0.15, 0.2) is 72.8 Å². The van der Waals surface area contributed by atoms with Crippen molar-refractivity contribution < 1.29 is 22.1 Å². The van der Waals surface area contributed by atoms with Crippen LogP contribution in [0.2, 0.25) is 5.02 Å². The molecule has 6 nitrogen and oxygen atoms in total. The zero-order chi connectivity index (χ0) is 21.6. The highest BCUT2D eigenvalue weighted by atomic mass is 35.5. The van der Waals surface area contributed by atoms with Gasteiger partial charge in [0.15, 0.2) is 0 Å². The van der Waals surface area contributed by atoms with Gasteiger partial charge in [-0.25, -0.2) is 0 Å². The summed E-state index contributed by atoms with van der Waals surface area (Å²) in [5, 5.41) is 0.494. The van der Waals surface area contributed by atoms with Crippen LogP contribution in [-0.2, 0) is 23.4 Å². The predicted molar refractivity (Wildman–Crippen MR) is 116 cm³/mol. The lowest BCUT2D eigenvalue weighted by Gasteiger charge is -2.22. The largest absolute Gasteiger partial charge is 0.497 e. The quantitative estimate of drug-likeness (QED) is 0.476. The average molecular weight is 448 g/mol. The van der Waals surface area contributed by atoms with Crippen LogP contribution in [0.5, 0.6) is 17.2 Å². The number of benzene rings is 3. The molecule has 0 bridgehead atoms. The van der Waals surface area contributed by atoms with Gasteiger partial charge in [0.05, 0.1) is 14.2 Å². The Morgan fingerprint density at radius 1 is 0.700 bits per heavy atom. The summed E-state index contributed by atoms with van der Waals surface area (Å²) in [6.07, 6.45) is 0. The van der Waals surface area contributed by atoms with Crippen LogP contribution in [0.3, 0.4) is 0 Å². The van der Waals surface area contributed by atoms with E-state index in [1.165, 1.54) is 16.4 Å².